The molecule has 37 heavy (non-hydrogen) atoms. The van der Waals surface area contributed by atoms with Gasteiger partial charge in [-0.15, -0.1) is 6.58 Å². The van der Waals surface area contributed by atoms with E-state index in [0.29, 0.717) is 24.0 Å². The number of aromatic nitrogens is 2. The molecule has 1 N–H and O–H groups in total. The van der Waals surface area contributed by atoms with Gasteiger partial charge in [-0.1, -0.05) is 26.0 Å². The molecule has 0 aliphatic carbocycles. The number of hydrogen-bond donors (Lipinski definition) is 1. The van der Waals surface area contributed by atoms with Crippen LogP contribution < -0.4 is 19.7 Å². The molecule has 0 amide bonds. The lowest BCUT2D eigenvalue weighted by molar-refractivity contribution is 0.374. The number of nitrogens with one attached hydrogen (secondary N) is 1. The van der Waals surface area contributed by atoms with Gasteiger partial charge in [-0.3, -0.25) is 14.7 Å². The van der Waals surface area contributed by atoms with Crippen LogP contribution in [0.5, 0.6) is 11.5 Å². The van der Waals surface area contributed by atoms with Gasteiger partial charge < -0.3 is 19.7 Å². The number of aryl methyl sites for hydroxylation is 1. The lowest BCUT2D eigenvalue weighted by Crippen LogP contribution is -2.33. The molecule has 0 spiro atoms. The minimum Gasteiger partial charge on any atom is -0.497 e. The van der Waals surface area contributed by atoms with Crippen molar-refractivity contribution in [2.75, 3.05) is 46.3 Å². The third-order valence-electron chi connectivity index (χ3n) is 5.51. The van der Waals surface area contributed by atoms with Crippen molar-refractivity contribution in [2.45, 2.75) is 26.3 Å². The van der Waals surface area contributed by atoms with E-state index in [0.717, 1.165) is 35.5 Å². The molecular weight excluding hydrogens is 471 g/mol. The van der Waals surface area contributed by atoms with Gasteiger partial charge in [0.1, 0.15) is 5.75 Å². The molecule has 9 heteroatoms. The van der Waals surface area contributed by atoms with Crippen molar-refractivity contribution in [1.82, 2.24) is 15.1 Å². The smallest absolute Gasteiger partial charge is 0.188 e. The van der Waals surface area contributed by atoms with Crippen LogP contribution in [0, 0.1) is 5.82 Å². The molecule has 1 aliphatic rings. The predicted octanol–water partition coefficient (Wildman–Crippen LogP) is 4.70. The average Bonchev–Trinajstić information content (AvgIpc) is 3.33. The fourth-order valence-corrected chi connectivity index (χ4v) is 3.47. The highest BCUT2D eigenvalue weighted by atomic mass is 19.1. The number of halogens is 1. The van der Waals surface area contributed by atoms with E-state index in [1.165, 1.54) is 7.11 Å². The van der Waals surface area contributed by atoms with E-state index in [4.69, 9.17) is 9.47 Å². The van der Waals surface area contributed by atoms with Crippen LogP contribution in [0.4, 0.5) is 10.1 Å². The summed E-state index contributed by atoms with van der Waals surface area (Å²) in [6.07, 6.45) is 12.3. The van der Waals surface area contributed by atoms with Crippen molar-refractivity contribution in [3.8, 4) is 11.5 Å². The van der Waals surface area contributed by atoms with E-state index < -0.39 is 0 Å². The van der Waals surface area contributed by atoms with Crippen molar-refractivity contribution >= 4 is 23.2 Å². The number of likely N-dealkylation sites (N-methyl/N-ethyl adjacent to an activating group) is 1. The Morgan fingerprint density at radius 1 is 1.27 bits per heavy atom. The first-order valence-corrected chi connectivity index (χ1v) is 12.1. The third kappa shape index (κ3) is 8.71. The number of benzene rings is 1. The van der Waals surface area contributed by atoms with Gasteiger partial charge in [-0.2, -0.15) is 5.10 Å². The lowest BCUT2D eigenvalue weighted by Gasteiger charge is -2.22. The second-order valence-corrected chi connectivity index (χ2v) is 8.68. The van der Waals surface area contributed by atoms with E-state index in [2.05, 4.69) is 40.8 Å². The van der Waals surface area contributed by atoms with Gasteiger partial charge in [0.2, 0.25) is 0 Å². The zero-order valence-corrected chi connectivity index (χ0v) is 23.0. The van der Waals surface area contributed by atoms with Crippen LogP contribution in [-0.2, 0) is 7.05 Å². The molecule has 0 saturated heterocycles. The quantitative estimate of drug-likeness (QED) is 0.469. The van der Waals surface area contributed by atoms with Gasteiger partial charge in [0.15, 0.2) is 11.6 Å². The first-order chi connectivity index (χ1) is 17.7. The number of dihydropyridines is 1. The Kier molecular flexibility index (Phi) is 11.8. The summed E-state index contributed by atoms with van der Waals surface area (Å²) in [4.78, 5) is 10.5. The van der Waals surface area contributed by atoms with Crippen LogP contribution in [-0.4, -0.2) is 69.2 Å². The van der Waals surface area contributed by atoms with E-state index in [-0.39, 0.29) is 11.6 Å². The molecule has 0 unspecified atom stereocenters. The monoisotopic (exact) mass is 510 g/mol. The van der Waals surface area contributed by atoms with Crippen LogP contribution in [0.15, 0.2) is 65.0 Å². The van der Waals surface area contributed by atoms with E-state index >= 15 is 0 Å². The zero-order valence-electron chi connectivity index (χ0n) is 23.0. The third-order valence-corrected chi connectivity index (χ3v) is 5.51. The highest BCUT2D eigenvalue weighted by Gasteiger charge is 2.15. The molecule has 2 aromatic rings. The largest absolute Gasteiger partial charge is 0.497 e. The molecule has 1 aromatic heterocycles. The molecule has 1 aliphatic heterocycles. The standard InChI is InChI=1S/C14H23FN2O2.C14H16N4/c1-10(2)16-6-7-17(3)12-8-11(18-4)9-13(19-5)14(12)15;1-4-5-6-13-14(15-2)7-11(8-16-13)12-9-17-18(3)10-12/h8-10,16H,6-7H2,1-5H3;4,6-10H,1,5H2,2-3H3. The minimum atomic E-state index is -0.365. The van der Waals surface area contributed by atoms with Crippen molar-refractivity contribution in [3.63, 3.8) is 0 Å². The molecule has 0 bridgehead atoms. The molecule has 0 atom stereocenters. The highest BCUT2D eigenvalue weighted by molar-refractivity contribution is 6.25. The normalized spacial score (nSPS) is 14.9. The van der Waals surface area contributed by atoms with Gasteiger partial charge in [-0.05, 0) is 12.5 Å². The van der Waals surface area contributed by atoms with Gasteiger partial charge in [0, 0.05) is 76.0 Å². The molecule has 8 nitrogen and oxygen atoms in total. The van der Waals surface area contributed by atoms with E-state index in [1.807, 2.05) is 55.8 Å². The van der Waals surface area contributed by atoms with Crippen LogP contribution in [0.3, 0.4) is 0 Å². The number of hydrogen-bond acceptors (Lipinski definition) is 7. The molecule has 0 radical (unpaired) electrons. The summed E-state index contributed by atoms with van der Waals surface area (Å²) in [7, 11) is 8.52. The summed E-state index contributed by atoms with van der Waals surface area (Å²) < 4.78 is 26.1. The predicted molar refractivity (Wildman–Crippen MR) is 152 cm³/mol. The van der Waals surface area contributed by atoms with Crippen molar-refractivity contribution in [3.05, 3.63) is 66.4 Å². The Balaban J connectivity index is 0.000000260. The molecule has 0 fully saturated rings. The molecule has 2 heterocycles. The van der Waals surface area contributed by atoms with Crippen molar-refractivity contribution in [2.24, 2.45) is 17.0 Å². The molecule has 200 valence electrons. The summed E-state index contributed by atoms with van der Waals surface area (Å²) >= 11 is 0. The summed E-state index contributed by atoms with van der Waals surface area (Å²) in [5, 5.41) is 7.45. The summed E-state index contributed by atoms with van der Waals surface area (Å²) in [5.74, 6) is 0.408. The van der Waals surface area contributed by atoms with Crippen molar-refractivity contribution < 1.29 is 13.9 Å². The second kappa shape index (κ2) is 14.7. The number of nitrogens with zero attached hydrogens (tertiary/aromatic N) is 5. The number of rotatable bonds is 10. The van der Waals surface area contributed by atoms with Gasteiger partial charge in [-0.25, -0.2) is 4.39 Å². The summed E-state index contributed by atoms with van der Waals surface area (Å²) in [6.45, 7) is 9.34. The average molecular weight is 511 g/mol. The maximum atomic E-state index is 14.2. The topological polar surface area (TPSA) is 76.3 Å². The number of ether oxygens (including phenoxy) is 2. The number of anilines is 1. The Morgan fingerprint density at radius 2 is 2.03 bits per heavy atom. The summed E-state index contributed by atoms with van der Waals surface area (Å²) in [6, 6.07) is 3.63. The first-order valence-electron chi connectivity index (χ1n) is 12.1. The molecule has 0 saturated carbocycles. The van der Waals surface area contributed by atoms with Crippen LogP contribution in [0.2, 0.25) is 0 Å². The Morgan fingerprint density at radius 3 is 2.59 bits per heavy atom. The zero-order chi connectivity index (χ0) is 27.4. The van der Waals surface area contributed by atoms with E-state index in [9.17, 15) is 4.39 Å². The molecule has 3 rings (SSSR count). The van der Waals surface area contributed by atoms with Gasteiger partial charge >= 0.3 is 0 Å². The van der Waals surface area contributed by atoms with Crippen LogP contribution >= 0.6 is 0 Å². The maximum absolute atomic E-state index is 14.2. The Hall–Kier alpha value is -3.72. The van der Waals surface area contributed by atoms with Crippen LogP contribution in [0.25, 0.3) is 5.57 Å². The Labute approximate surface area is 219 Å². The number of allylic oxidation sites excluding steroid dienone is 4. The Bertz CT molecular complexity index is 1160. The SMILES string of the molecule is C=CCC=C1N=CC(c2cnn(C)c2)=CC1=NC.COc1cc(OC)c(F)c(N(C)CCNC(C)C)c1. The van der Waals surface area contributed by atoms with Crippen LogP contribution in [0.1, 0.15) is 25.8 Å². The van der Waals surface area contributed by atoms with Crippen molar-refractivity contribution in [1.29, 1.82) is 0 Å². The fourth-order valence-electron chi connectivity index (χ4n) is 3.47. The first kappa shape index (κ1) is 29.5. The number of aliphatic imine (C=N–C) groups is 2. The maximum Gasteiger partial charge on any atom is 0.188 e. The highest BCUT2D eigenvalue weighted by Crippen LogP contribution is 2.32. The fraction of sp³-hybridized carbons (Fsp3) is 0.393. The van der Waals surface area contributed by atoms with Gasteiger partial charge in [0.05, 0.1) is 37.5 Å². The number of methoxy groups -OCH3 is 2. The summed E-state index contributed by atoms with van der Waals surface area (Å²) in [5.41, 5.74) is 4.33. The van der Waals surface area contributed by atoms with E-state index in [1.54, 1.807) is 31.0 Å². The molecule has 1 aromatic carbocycles. The molecular formula is C28H39FN6O2. The van der Waals surface area contributed by atoms with Gasteiger partial charge in [0.25, 0.3) is 0 Å². The lowest BCUT2D eigenvalue weighted by atomic mass is 10.0. The minimum absolute atomic E-state index is 0.193. The second-order valence-electron chi connectivity index (χ2n) is 8.68.